The van der Waals surface area contributed by atoms with Gasteiger partial charge in [0.15, 0.2) is 0 Å². The Labute approximate surface area is 139 Å². The van der Waals surface area contributed by atoms with E-state index in [-0.39, 0.29) is 0 Å². The molecule has 3 rings (SSSR count). The van der Waals surface area contributed by atoms with Crippen molar-refractivity contribution >= 4 is 17.3 Å². The Morgan fingerprint density at radius 1 is 1.00 bits per heavy atom. The summed E-state index contributed by atoms with van der Waals surface area (Å²) in [7, 11) is 0. The summed E-state index contributed by atoms with van der Waals surface area (Å²) in [4.78, 5) is 11.2. The van der Waals surface area contributed by atoms with Crippen LogP contribution in [0.25, 0.3) is 0 Å². The molecule has 0 aliphatic carbocycles. The van der Waals surface area contributed by atoms with E-state index in [0.29, 0.717) is 0 Å². The van der Waals surface area contributed by atoms with E-state index in [2.05, 4.69) is 66.1 Å². The van der Waals surface area contributed by atoms with E-state index in [9.17, 15) is 0 Å². The van der Waals surface area contributed by atoms with Gasteiger partial charge in [-0.3, -0.25) is 0 Å². The maximum absolute atomic E-state index is 4.46. The molecular formula is C19H26N4. The Balaban J connectivity index is 1.81. The van der Waals surface area contributed by atoms with E-state index < -0.39 is 0 Å². The zero-order valence-corrected chi connectivity index (χ0v) is 14.6. The van der Waals surface area contributed by atoms with Gasteiger partial charge in [0.2, 0.25) is 0 Å². The Kier molecular flexibility index (Phi) is 4.51. The zero-order valence-electron chi connectivity index (χ0n) is 14.6. The predicted octanol–water partition coefficient (Wildman–Crippen LogP) is 4.38. The van der Waals surface area contributed by atoms with Gasteiger partial charge in [-0.1, -0.05) is 24.6 Å². The Hall–Kier alpha value is -2.10. The lowest BCUT2D eigenvalue weighted by molar-refractivity contribution is 0.436. The van der Waals surface area contributed by atoms with Crippen LogP contribution in [0, 0.1) is 26.7 Å². The van der Waals surface area contributed by atoms with Crippen molar-refractivity contribution < 1.29 is 0 Å². The van der Waals surface area contributed by atoms with Gasteiger partial charge in [-0.2, -0.15) is 0 Å². The van der Waals surface area contributed by atoms with Crippen molar-refractivity contribution in [2.24, 2.45) is 5.92 Å². The Morgan fingerprint density at radius 3 is 2.30 bits per heavy atom. The van der Waals surface area contributed by atoms with Crippen LogP contribution in [-0.2, 0) is 0 Å². The van der Waals surface area contributed by atoms with E-state index in [0.717, 1.165) is 36.3 Å². The minimum Gasteiger partial charge on any atom is -0.356 e. The molecule has 1 aromatic carbocycles. The van der Waals surface area contributed by atoms with Crippen LogP contribution < -0.4 is 10.2 Å². The topological polar surface area (TPSA) is 41.0 Å². The van der Waals surface area contributed by atoms with Crippen molar-refractivity contribution in [3.05, 3.63) is 41.2 Å². The maximum atomic E-state index is 4.46. The van der Waals surface area contributed by atoms with E-state index >= 15 is 0 Å². The fourth-order valence-corrected chi connectivity index (χ4v) is 3.33. The summed E-state index contributed by atoms with van der Waals surface area (Å²) in [5.41, 5.74) is 4.92. The molecule has 2 heterocycles. The average molecular weight is 310 g/mol. The first-order chi connectivity index (χ1) is 11.0. The first-order valence-corrected chi connectivity index (χ1v) is 8.45. The molecule has 1 saturated heterocycles. The second-order valence-corrected chi connectivity index (χ2v) is 6.83. The van der Waals surface area contributed by atoms with Crippen LogP contribution in [0.5, 0.6) is 0 Å². The quantitative estimate of drug-likeness (QED) is 0.913. The van der Waals surface area contributed by atoms with Crippen molar-refractivity contribution in [2.75, 3.05) is 23.3 Å². The second kappa shape index (κ2) is 6.57. The van der Waals surface area contributed by atoms with Crippen LogP contribution in [0.4, 0.5) is 17.3 Å². The highest BCUT2D eigenvalue weighted by molar-refractivity contribution is 5.66. The molecule has 0 bridgehead atoms. The van der Waals surface area contributed by atoms with E-state index in [1.807, 2.05) is 0 Å². The van der Waals surface area contributed by atoms with Crippen LogP contribution in [0.3, 0.4) is 0 Å². The third-order valence-electron chi connectivity index (χ3n) is 4.69. The summed E-state index contributed by atoms with van der Waals surface area (Å²) in [5, 5.41) is 3.48. The molecule has 0 radical (unpaired) electrons. The number of rotatable bonds is 3. The van der Waals surface area contributed by atoms with E-state index in [1.54, 1.807) is 6.33 Å². The molecule has 0 amide bonds. The summed E-state index contributed by atoms with van der Waals surface area (Å²) >= 11 is 0. The largest absolute Gasteiger partial charge is 0.356 e. The fourth-order valence-electron chi connectivity index (χ4n) is 3.33. The summed E-state index contributed by atoms with van der Waals surface area (Å²) in [6.07, 6.45) is 4.14. The monoisotopic (exact) mass is 310 g/mol. The lowest BCUT2D eigenvalue weighted by Crippen LogP contribution is -2.33. The molecule has 1 aromatic heterocycles. The number of piperidine rings is 1. The van der Waals surface area contributed by atoms with Crippen molar-refractivity contribution in [3.63, 3.8) is 0 Å². The average Bonchev–Trinajstić information content (AvgIpc) is 2.52. The zero-order chi connectivity index (χ0) is 16.4. The number of nitrogens with one attached hydrogen (secondary N) is 1. The Morgan fingerprint density at radius 2 is 1.65 bits per heavy atom. The molecule has 0 spiro atoms. The normalized spacial score (nSPS) is 15.7. The minimum absolute atomic E-state index is 0.823. The van der Waals surface area contributed by atoms with Crippen LogP contribution >= 0.6 is 0 Å². The third kappa shape index (κ3) is 3.63. The van der Waals surface area contributed by atoms with Crippen molar-refractivity contribution in [1.82, 2.24) is 9.97 Å². The van der Waals surface area contributed by atoms with Gasteiger partial charge < -0.3 is 10.2 Å². The summed E-state index contributed by atoms with van der Waals surface area (Å²) < 4.78 is 0. The number of hydrogen-bond acceptors (Lipinski definition) is 4. The highest BCUT2D eigenvalue weighted by Crippen LogP contribution is 2.27. The maximum Gasteiger partial charge on any atom is 0.135 e. The number of benzene rings is 1. The SMILES string of the molecule is Cc1cc(C)c(Nc2cc(N3CCC(C)CC3)ncn2)c(C)c1. The smallest absolute Gasteiger partial charge is 0.135 e. The van der Waals surface area contributed by atoms with Crippen molar-refractivity contribution in [3.8, 4) is 0 Å². The van der Waals surface area contributed by atoms with Crippen LogP contribution in [-0.4, -0.2) is 23.1 Å². The predicted molar refractivity (Wildman–Crippen MR) is 96.6 cm³/mol. The lowest BCUT2D eigenvalue weighted by Gasteiger charge is -2.31. The molecule has 1 aliphatic heterocycles. The first-order valence-electron chi connectivity index (χ1n) is 8.45. The molecular weight excluding hydrogens is 284 g/mol. The van der Waals surface area contributed by atoms with E-state index in [1.165, 1.54) is 29.5 Å². The van der Waals surface area contributed by atoms with Gasteiger partial charge in [-0.25, -0.2) is 9.97 Å². The molecule has 1 N–H and O–H groups in total. The number of aryl methyl sites for hydroxylation is 3. The fraction of sp³-hybridized carbons (Fsp3) is 0.474. The number of hydrogen-bond donors (Lipinski definition) is 1. The first kappa shape index (κ1) is 15.8. The van der Waals surface area contributed by atoms with Crippen molar-refractivity contribution in [2.45, 2.75) is 40.5 Å². The van der Waals surface area contributed by atoms with Gasteiger partial charge in [0, 0.05) is 24.8 Å². The van der Waals surface area contributed by atoms with Crippen LogP contribution in [0.15, 0.2) is 24.5 Å². The molecule has 0 saturated carbocycles. The van der Waals surface area contributed by atoms with Gasteiger partial charge in [0.05, 0.1) is 0 Å². The number of nitrogens with zero attached hydrogens (tertiary/aromatic N) is 3. The van der Waals surface area contributed by atoms with Gasteiger partial charge in [0.1, 0.15) is 18.0 Å². The standard InChI is InChI=1S/C19H26N4/c1-13-5-7-23(8-6-13)18-11-17(20-12-21-18)22-19-15(3)9-14(2)10-16(19)4/h9-13H,5-8H2,1-4H3,(H,20,21,22). The molecule has 0 atom stereocenters. The second-order valence-electron chi connectivity index (χ2n) is 6.83. The van der Waals surface area contributed by atoms with Gasteiger partial charge in [0.25, 0.3) is 0 Å². The molecule has 1 fully saturated rings. The van der Waals surface area contributed by atoms with Crippen molar-refractivity contribution in [1.29, 1.82) is 0 Å². The van der Waals surface area contributed by atoms with Crippen LogP contribution in [0.1, 0.15) is 36.5 Å². The lowest BCUT2D eigenvalue weighted by atomic mass is 9.99. The van der Waals surface area contributed by atoms with E-state index in [4.69, 9.17) is 0 Å². The van der Waals surface area contributed by atoms with Crippen LogP contribution in [0.2, 0.25) is 0 Å². The number of anilines is 3. The summed E-state index contributed by atoms with van der Waals surface area (Å²) in [5.74, 6) is 2.71. The molecule has 23 heavy (non-hydrogen) atoms. The molecule has 4 nitrogen and oxygen atoms in total. The van der Waals surface area contributed by atoms with Gasteiger partial charge in [-0.05, 0) is 50.7 Å². The molecule has 0 unspecified atom stereocenters. The molecule has 4 heteroatoms. The molecule has 122 valence electrons. The molecule has 2 aromatic rings. The third-order valence-corrected chi connectivity index (χ3v) is 4.69. The van der Waals surface area contributed by atoms with Gasteiger partial charge >= 0.3 is 0 Å². The number of aromatic nitrogens is 2. The highest BCUT2D eigenvalue weighted by Gasteiger charge is 2.17. The Bertz CT molecular complexity index is 665. The minimum atomic E-state index is 0.823. The van der Waals surface area contributed by atoms with Gasteiger partial charge in [-0.15, -0.1) is 0 Å². The molecule has 1 aliphatic rings. The highest BCUT2D eigenvalue weighted by atomic mass is 15.2. The summed E-state index contributed by atoms with van der Waals surface area (Å²) in [6.45, 7) is 10.9. The summed E-state index contributed by atoms with van der Waals surface area (Å²) in [6, 6.07) is 6.46.